The maximum atomic E-state index is 12.2. The van der Waals surface area contributed by atoms with Crippen molar-refractivity contribution < 1.29 is 15.0 Å². The molecule has 3 aliphatic rings. The second-order valence-corrected chi connectivity index (χ2v) is 7.81. The number of benzene rings is 1. The van der Waals surface area contributed by atoms with Gasteiger partial charge in [-0.1, -0.05) is 12.1 Å². The quantitative estimate of drug-likeness (QED) is 0.898. The van der Waals surface area contributed by atoms with Crippen LogP contribution in [0.3, 0.4) is 0 Å². The minimum atomic E-state index is -0.873. The molecule has 4 heteroatoms. The molecule has 2 aliphatic carbocycles. The van der Waals surface area contributed by atoms with E-state index in [-0.39, 0.29) is 11.5 Å². The zero-order valence-corrected chi connectivity index (χ0v) is 13.5. The van der Waals surface area contributed by atoms with Crippen LogP contribution in [0.1, 0.15) is 44.1 Å². The van der Waals surface area contributed by atoms with Gasteiger partial charge in [0.1, 0.15) is 11.5 Å². The lowest BCUT2D eigenvalue weighted by molar-refractivity contribution is -0.147. The summed E-state index contributed by atoms with van der Waals surface area (Å²) in [7, 11) is 0. The number of nitrogens with zero attached hydrogens (tertiary/aromatic N) is 1. The third-order valence-electron chi connectivity index (χ3n) is 6.16. The van der Waals surface area contributed by atoms with Gasteiger partial charge in [0.2, 0.25) is 0 Å². The molecule has 1 aromatic rings. The lowest BCUT2D eigenvalue weighted by Gasteiger charge is -2.56. The summed E-state index contributed by atoms with van der Waals surface area (Å²) in [6.07, 6.45) is 4.79. The SMILES string of the molecule is O=C1CC[C@@]2(O)CN(CC3CC3)CC[C@]2(c2cccc(O)c2)C1. The van der Waals surface area contributed by atoms with Crippen LogP contribution in [0, 0.1) is 5.92 Å². The number of ketones is 1. The van der Waals surface area contributed by atoms with Gasteiger partial charge >= 0.3 is 0 Å². The highest BCUT2D eigenvalue weighted by molar-refractivity contribution is 5.82. The highest BCUT2D eigenvalue weighted by atomic mass is 16.3. The molecule has 0 spiro atoms. The lowest BCUT2D eigenvalue weighted by Crippen LogP contribution is -2.65. The summed E-state index contributed by atoms with van der Waals surface area (Å²) in [6, 6.07) is 7.15. The molecule has 4 nitrogen and oxygen atoms in total. The van der Waals surface area contributed by atoms with Crippen LogP contribution in [-0.2, 0) is 10.2 Å². The summed E-state index contributed by atoms with van der Waals surface area (Å²) in [4.78, 5) is 14.6. The molecule has 3 fully saturated rings. The van der Waals surface area contributed by atoms with Crippen LogP contribution in [0.4, 0.5) is 0 Å². The third kappa shape index (κ3) is 2.58. The second-order valence-electron chi connectivity index (χ2n) is 7.81. The molecule has 2 N–H and O–H groups in total. The maximum Gasteiger partial charge on any atom is 0.134 e. The molecule has 23 heavy (non-hydrogen) atoms. The number of piperidine rings is 1. The van der Waals surface area contributed by atoms with E-state index in [0.29, 0.717) is 25.8 Å². The van der Waals surface area contributed by atoms with Gasteiger partial charge in [0.25, 0.3) is 0 Å². The Labute approximate surface area is 137 Å². The molecule has 0 bridgehead atoms. The number of Topliss-reactive ketones (excluding diaryl/α,β-unsaturated/α-hetero) is 1. The fourth-order valence-electron chi connectivity index (χ4n) is 4.66. The average molecular weight is 315 g/mol. The predicted molar refractivity (Wildman–Crippen MR) is 87.4 cm³/mol. The molecule has 0 radical (unpaired) electrons. The molecular formula is C19H25NO3. The van der Waals surface area contributed by atoms with E-state index < -0.39 is 11.0 Å². The summed E-state index contributed by atoms with van der Waals surface area (Å²) in [5.74, 6) is 1.24. The fraction of sp³-hybridized carbons (Fsp3) is 0.632. The Morgan fingerprint density at radius 3 is 2.83 bits per heavy atom. The van der Waals surface area contributed by atoms with E-state index in [1.54, 1.807) is 12.1 Å². The van der Waals surface area contributed by atoms with Crippen molar-refractivity contribution in [1.82, 2.24) is 4.90 Å². The maximum absolute atomic E-state index is 12.2. The van der Waals surface area contributed by atoms with Gasteiger partial charge in [-0.25, -0.2) is 0 Å². The van der Waals surface area contributed by atoms with Crippen molar-refractivity contribution in [2.24, 2.45) is 5.92 Å². The van der Waals surface area contributed by atoms with E-state index >= 15 is 0 Å². The number of carbonyl (C=O) groups excluding carboxylic acids is 1. The van der Waals surface area contributed by atoms with Gasteiger partial charge in [-0.15, -0.1) is 0 Å². The topological polar surface area (TPSA) is 60.8 Å². The normalized spacial score (nSPS) is 35.1. The van der Waals surface area contributed by atoms with Crippen LogP contribution in [-0.4, -0.2) is 46.1 Å². The number of aromatic hydroxyl groups is 1. The number of rotatable bonds is 3. The summed E-state index contributed by atoms with van der Waals surface area (Å²) in [5, 5.41) is 21.4. The Balaban J connectivity index is 1.69. The Morgan fingerprint density at radius 1 is 1.26 bits per heavy atom. The number of hydrogen-bond acceptors (Lipinski definition) is 4. The number of hydrogen-bond donors (Lipinski definition) is 2. The van der Waals surface area contributed by atoms with Gasteiger partial charge in [-0.3, -0.25) is 4.79 Å². The molecule has 1 heterocycles. The Morgan fingerprint density at radius 2 is 2.09 bits per heavy atom. The van der Waals surface area contributed by atoms with Gasteiger partial charge in [0.05, 0.1) is 5.60 Å². The highest BCUT2D eigenvalue weighted by Crippen LogP contribution is 2.51. The molecule has 4 rings (SSSR count). The number of fused-ring (bicyclic) bond motifs is 1. The fourth-order valence-corrected chi connectivity index (χ4v) is 4.66. The number of phenolic OH excluding ortho intramolecular Hbond substituents is 1. The molecule has 0 amide bonds. The summed E-state index contributed by atoms with van der Waals surface area (Å²) >= 11 is 0. The van der Waals surface area contributed by atoms with Crippen molar-refractivity contribution in [2.45, 2.75) is 49.5 Å². The van der Waals surface area contributed by atoms with Gasteiger partial charge in [-0.05, 0) is 55.8 Å². The largest absolute Gasteiger partial charge is 0.508 e. The number of phenols is 1. The minimum Gasteiger partial charge on any atom is -0.508 e. The van der Waals surface area contributed by atoms with E-state index in [1.807, 2.05) is 12.1 Å². The zero-order valence-electron chi connectivity index (χ0n) is 13.5. The van der Waals surface area contributed by atoms with Crippen molar-refractivity contribution in [2.75, 3.05) is 19.6 Å². The Kier molecular flexibility index (Phi) is 3.50. The number of aliphatic hydroxyl groups is 1. The molecule has 1 aromatic carbocycles. The van der Waals surface area contributed by atoms with E-state index in [4.69, 9.17) is 0 Å². The van der Waals surface area contributed by atoms with Crippen molar-refractivity contribution >= 4 is 5.78 Å². The average Bonchev–Trinajstić information content (AvgIpc) is 3.32. The first-order chi connectivity index (χ1) is 11.0. The van der Waals surface area contributed by atoms with E-state index in [9.17, 15) is 15.0 Å². The first-order valence-electron chi connectivity index (χ1n) is 8.77. The zero-order chi connectivity index (χ0) is 16.1. The van der Waals surface area contributed by atoms with Crippen molar-refractivity contribution in [3.63, 3.8) is 0 Å². The lowest BCUT2D eigenvalue weighted by atomic mass is 9.56. The van der Waals surface area contributed by atoms with Gasteiger partial charge in [0.15, 0.2) is 0 Å². The van der Waals surface area contributed by atoms with Crippen molar-refractivity contribution in [3.8, 4) is 5.75 Å². The van der Waals surface area contributed by atoms with Gasteiger partial charge < -0.3 is 15.1 Å². The minimum absolute atomic E-state index is 0.206. The molecule has 1 saturated heterocycles. The monoisotopic (exact) mass is 315 g/mol. The first-order valence-corrected chi connectivity index (χ1v) is 8.77. The molecule has 1 aliphatic heterocycles. The summed E-state index contributed by atoms with van der Waals surface area (Å²) in [5.41, 5.74) is -0.498. The molecule has 0 unspecified atom stereocenters. The van der Waals surface area contributed by atoms with E-state index in [1.165, 1.54) is 12.8 Å². The smallest absolute Gasteiger partial charge is 0.134 e. The molecular weight excluding hydrogens is 290 g/mol. The molecule has 2 saturated carbocycles. The van der Waals surface area contributed by atoms with Gasteiger partial charge in [0, 0.05) is 31.3 Å². The standard InChI is InChI=1S/C19H25NO3/c21-16-3-1-2-15(10-16)18-8-9-20(12-14-4-5-14)13-19(18,23)7-6-17(22)11-18/h1-3,10,14,21,23H,4-9,11-13H2/t18-,19-/m1/s1. The Hall–Kier alpha value is -1.39. The molecule has 0 aromatic heterocycles. The van der Waals surface area contributed by atoms with Crippen LogP contribution in [0.25, 0.3) is 0 Å². The van der Waals surface area contributed by atoms with Crippen molar-refractivity contribution in [3.05, 3.63) is 29.8 Å². The van der Waals surface area contributed by atoms with Crippen LogP contribution >= 0.6 is 0 Å². The third-order valence-corrected chi connectivity index (χ3v) is 6.16. The molecule has 124 valence electrons. The van der Waals surface area contributed by atoms with Crippen molar-refractivity contribution in [1.29, 1.82) is 0 Å². The molecule has 2 atom stereocenters. The van der Waals surface area contributed by atoms with Crippen LogP contribution < -0.4 is 0 Å². The van der Waals surface area contributed by atoms with Crippen LogP contribution in [0.15, 0.2) is 24.3 Å². The number of likely N-dealkylation sites (tertiary alicyclic amines) is 1. The number of β-amino-alcohol motifs (C(OH)–C–C–N with tert-alkyl or cyclic N) is 1. The number of carbonyl (C=O) groups is 1. The first kappa shape index (κ1) is 15.2. The van der Waals surface area contributed by atoms with E-state index in [0.717, 1.165) is 31.0 Å². The predicted octanol–water partition coefficient (Wildman–Crippen LogP) is 2.23. The highest BCUT2D eigenvalue weighted by Gasteiger charge is 2.57. The van der Waals surface area contributed by atoms with Crippen LogP contribution in [0.2, 0.25) is 0 Å². The van der Waals surface area contributed by atoms with Gasteiger partial charge in [-0.2, -0.15) is 0 Å². The Bertz CT molecular complexity index is 627. The summed E-state index contributed by atoms with van der Waals surface area (Å²) < 4.78 is 0. The second kappa shape index (κ2) is 5.32. The van der Waals surface area contributed by atoms with E-state index in [2.05, 4.69) is 4.90 Å². The van der Waals surface area contributed by atoms with Crippen LogP contribution in [0.5, 0.6) is 5.75 Å². The summed E-state index contributed by atoms with van der Waals surface area (Å²) in [6.45, 7) is 2.64.